The molecule has 8 heteroatoms. The highest BCUT2D eigenvalue weighted by Gasteiger charge is 2.15. The Morgan fingerprint density at radius 2 is 1.85 bits per heavy atom. The van der Waals surface area contributed by atoms with Crippen molar-refractivity contribution in [3.05, 3.63) is 66.0 Å². The zero-order chi connectivity index (χ0) is 23.5. The number of hydrogen-bond acceptors (Lipinski definition) is 7. The number of hydrogen-bond donors (Lipinski definition) is 1. The van der Waals surface area contributed by atoms with Crippen LogP contribution in [0, 0.1) is 6.92 Å². The van der Waals surface area contributed by atoms with Crippen LogP contribution in [0.25, 0.3) is 0 Å². The summed E-state index contributed by atoms with van der Waals surface area (Å²) < 4.78 is 11.3. The molecule has 0 aliphatic rings. The van der Waals surface area contributed by atoms with Gasteiger partial charge in [0, 0.05) is 37.5 Å². The molecule has 0 bridgehead atoms. The summed E-state index contributed by atoms with van der Waals surface area (Å²) in [6.45, 7) is 8.16. The Morgan fingerprint density at radius 3 is 2.55 bits per heavy atom. The first-order valence-corrected chi connectivity index (χ1v) is 11.3. The molecule has 0 aliphatic heterocycles. The number of rotatable bonds is 11. The summed E-state index contributed by atoms with van der Waals surface area (Å²) in [7, 11) is 0. The first kappa shape index (κ1) is 24.0. The van der Waals surface area contributed by atoms with Crippen molar-refractivity contribution in [1.29, 1.82) is 0 Å². The minimum atomic E-state index is -0.623. The number of pyridine rings is 1. The first-order valence-electron chi connectivity index (χ1n) is 11.3. The number of nitrogens with zero attached hydrogens (tertiary/aromatic N) is 4. The van der Waals surface area contributed by atoms with E-state index in [-0.39, 0.29) is 0 Å². The maximum absolute atomic E-state index is 12.5. The van der Waals surface area contributed by atoms with E-state index in [1.165, 1.54) is 0 Å². The highest BCUT2D eigenvalue weighted by molar-refractivity contribution is 5.85. The summed E-state index contributed by atoms with van der Waals surface area (Å²) in [6.07, 6.45) is 3.68. The van der Waals surface area contributed by atoms with Gasteiger partial charge in [0.25, 0.3) is 0 Å². The molecule has 8 nitrogen and oxygen atoms in total. The fourth-order valence-corrected chi connectivity index (χ4v) is 3.27. The number of amides is 1. The Labute approximate surface area is 195 Å². The molecule has 0 unspecified atom stereocenters. The van der Waals surface area contributed by atoms with Crippen LogP contribution in [0.5, 0.6) is 11.6 Å². The number of aromatic nitrogens is 3. The van der Waals surface area contributed by atoms with Crippen LogP contribution in [0.3, 0.4) is 0 Å². The number of aryl methyl sites for hydroxylation is 1. The number of ether oxygens (including phenoxy) is 2. The lowest BCUT2D eigenvalue weighted by Gasteiger charge is -2.22. The standard InChI is InChI=1S/C25H31N5O3/c1-4-14-30(15-5-2)24-27-22(28-25(31)33-21-11-8-9-19(3)17-21)18-23(29-24)32-16-12-20-10-6-7-13-26-20/h6-11,13,17-18H,4-5,12,14-16H2,1-3H3,(H,27,28,29,31). The molecule has 174 valence electrons. The summed E-state index contributed by atoms with van der Waals surface area (Å²) in [5.41, 5.74) is 1.94. The highest BCUT2D eigenvalue weighted by Crippen LogP contribution is 2.21. The lowest BCUT2D eigenvalue weighted by Crippen LogP contribution is -2.28. The van der Waals surface area contributed by atoms with Crippen molar-refractivity contribution in [3.63, 3.8) is 0 Å². The molecule has 0 atom stereocenters. The molecule has 3 aromatic rings. The van der Waals surface area contributed by atoms with Crippen LogP contribution in [-0.4, -0.2) is 40.7 Å². The predicted octanol–water partition coefficient (Wildman–Crippen LogP) is 5.04. The Hall–Kier alpha value is -3.68. The van der Waals surface area contributed by atoms with Gasteiger partial charge in [-0.2, -0.15) is 9.97 Å². The largest absolute Gasteiger partial charge is 0.477 e. The number of carbonyl (C=O) groups is 1. The van der Waals surface area contributed by atoms with Gasteiger partial charge in [0.05, 0.1) is 6.61 Å². The summed E-state index contributed by atoms with van der Waals surface area (Å²) >= 11 is 0. The fourth-order valence-electron chi connectivity index (χ4n) is 3.27. The molecule has 0 saturated carbocycles. The van der Waals surface area contributed by atoms with Crippen molar-refractivity contribution in [2.45, 2.75) is 40.0 Å². The minimum absolute atomic E-state index is 0.322. The van der Waals surface area contributed by atoms with E-state index in [0.717, 1.165) is 37.2 Å². The van der Waals surface area contributed by atoms with Crippen LogP contribution in [0.1, 0.15) is 37.9 Å². The molecule has 1 amide bonds. The maximum atomic E-state index is 12.5. The van der Waals surface area contributed by atoms with Crippen LogP contribution in [0.2, 0.25) is 0 Å². The minimum Gasteiger partial charge on any atom is -0.477 e. The first-order chi connectivity index (χ1) is 16.1. The third-order valence-electron chi connectivity index (χ3n) is 4.73. The van der Waals surface area contributed by atoms with Gasteiger partial charge in [-0.25, -0.2) is 4.79 Å². The molecular formula is C25H31N5O3. The fraction of sp³-hybridized carbons (Fsp3) is 0.360. The molecule has 2 heterocycles. The smallest absolute Gasteiger partial charge is 0.418 e. The summed E-state index contributed by atoms with van der Waals surface area (Å²) in [5, 5.41) is 2.71. The molecule has 1 N–H and O–H groups in total. The van der Waals surface area contributed by atoms with Gasteiger partial charge in [0.1, 0.15) is 11.6 Å². The van der Waals surface area contributed by atoms with E-state index in [1.807, 2.05) is 37.3 Å². The number of carbonyl (C=O) groups excluding carboxylic acids is 1. The highest BCUT2D eigenvalue weighted by atomic mass is 16.6. The van der Waals surface area contributed by atoms with Crippen LogP contribution in [-0.2, 0) is 6.42 Å². The zero-order valence-corrected chi connectivity index (χ0v) is 19.5. The van der Waals surface area contributed by atoms with E-state index in [1.54, 1.807) is 24.4 Å². The normalized spacial score (nSPS) is 10.5. The van der Waals surface area contributed by atoms with E-state index < -0.39 is 6.09 Å². The van der Waals surface area contributed by atoms with E-state index in [0.29, 0.717) is 36.4 Å². The molecule has 2 aromatic heterocycles. The van der Waals surface area contributed by atoms with Crippen molar-refractivity contribution in [2.75, 3.05) is 29.9 Å². The van der Waals surface area contributed by atoms with Crippen molar-refractivity contribution >= 4 is 17.9 Å². The lowest BCUT2D eigenvalue weighted by atomic mass is 10.2. The third kappa shape index (κ3) is 7.75. The molecule has 3 rings (SSSR count). The van der Waals surface area contributed by atoms with E-state index in [2.05, 4.69) is 39.0 Å². The second-order valence-electron chi connectivity index (χ2n) is 7.63. The summed E-state index contributed by atoms with van der Waals surface area (Å²) in [5.74, 6) is 1.69. The van der Waals surface area contributed by atoms with Gasteiger partial charge in [0.15, 0.2) is 0 Å². The predicted molar refractivity (Wildman–Crippen MR) is 129 cm³/mol. The van der Waals surface area contributed by atoms with Gasteiger partial charge in [-0.05, 0) is 49.6 Å². The number of anilines is 2. The van der Waals surface area contributed by atoms with Crippen molar-refractivity contribution in [1.82, 2.24) is 15.0 Å². The van der Waals surface area contributed by atoms with Gasteiger partial charge in [-0.1, -0.05) is 32.0 Å². The second kappa shape index (κ2) is 12.4. The molecule has 1 aromatic carbocycles. The molecule has 0 radical (unpaired) electrons. The molecule has 0 saturated heterocycles. The third-order valence-corrected chi connectivity index (χ3v) is 4.73. The summed E-state index contributed by atoms with van der Waals surface area (Å²) in [4.78, 5) is 28.0. The second-order valence-corrected chi connectivity index (χ2v) is 7.63. The monoisotopic (exact) mass is 449 g/mol. The van der Waals surface area contributed by atoms with E-state index in [4.69, 9.17) is 9.47 Å². The molecule has 0 fully saturated rings. The quantitative estimate of drug-likeness (QED) is 0.439. The van der Waals surface area contributed by atoms with Crippen LogP contribution in [0.15, 0.2) is 54.7 Å². The van der Waals surface area contributed by atoms with Gasteiger partial charge in [0.2, 0.25) is 11.8 Å². The maximum Gasteiger partial charge on any atom is 0.418 e. The van der Waals surface area contributed by atoms with Crippen LogP contribution in [0.4, 0.5) is 16.6 Å². The molecule has 0 spiro atoms. The van der Waals surface area contributed by atoms with E-state index >= 15 is 0 Å². The molecular weight excluding hydrogens is 418 g/mol. The Morgan fingerprint density at radius 1 is 1.03 bits per heavy atom. The Kier molecular flexibility index (Phi) is 8.99. The van der Waals surface area contributed by atoms with Crippen LogP contribution < -0.4 is 19.7 Å². The Balaban J connectivity index is 1.75. The van der Waals surface area contributed by atoms with Gasteiger partial charge >= 0.3 is 6.09 Å². The van der Waals surface area contributed by atoms with Crippen molar-refractivity contribution in [2.24, 2.45) is 0 Å². The van der Waals surface area contributed by atoms with Gasteiger partial charge < -0.3 is 14.4 Å². The van der Waals surface area contributed by atoms with E-state index in [9.17, 15) is 4.79 Å². The number of benzene rings is 1. The zero-order valence-electron chi connectivity index (χ0n) is 19.5. The van der Waals surface area contributed by atoms with Crippen LogP contribution >= 0.6 is 0 Å². The molecule has 0 aliphatic carbocycles. The van der Waals surface area contributed by atoms with Crippen molar-refractivity contribution in [3.8, 4) is 11.6 Å². The van der Waals surface area contributed by atoms with Crippen molar-refractivity contribution < 1.29 is 14.3 Å². The van der Waals surface area contributed by atoms with Gasteiger partial charge in [-0.15, -0.1) is 0 Å². The lowest BCUT2D eigenvalue weighted by molar-refractivity contribution is 0.215. The number of nitrogens with one attached hydrogen (secondary N) is 1. The average molecular weight is 450 g/mol. The SMILES string of the molecule is CCCN(CCC)c1nc(NC(=O)Oc2cccc(C)c2)cc(OCCc2ccccn2)n1. The Bertz CT molecular complexity index is 1020. The summed E-state index contributed by atoms with van der Waals surface area (Å²) in [6, 6.07) is 14.7. The topological polar surface area (TPSA) is 89.5 Å². The van der Waals surface area contributed by atoms with Gasteiger partial charge in [-0.3, -0.25) is 10.3 Å². The average Bonchev–Trinajstić information content (AvgIpc) is 2.79. The molecule has 33 heavy (non-hydrogen) atoms.